The lowest BCUT2D eigenvalue weighted by Gasteiger charge is -2.17. The maximum Gasteiger partial charge on any atom is 0.320 e. The van der Waals surface area contributed by atoms with Crippen LogP contribution < -0.4 is 0 Å². The predicted octanol–water partition coefficient (Wildman–Crippen LogP) is 2.65. The summed E-state index contributed by atoms with van der Waals surface area (Å²) in [6.07, 6.45) is 3.88. The Hall–Kier alpha value is -1.03. The zero-order valence-electron chi connectivity index (χ0n) is 10.8. The molecule has 0 bridgehead atoms. The Morgan fingerprint density at radius 1 is 1.33 bits per heavy atom. The number of carbonyl (C=O) groups excluding carboxylic acids is 2. The molecule has 0 saturated heterocycles. The first-order chi connectivity index (χ1) is 8.58. The molecule has 0 amide bonds. The van der Waals surface area contributed by atoms with Gasteiger partial charge in [-0.05, 0) is 39.0 Å². The van der Waals surface area contributed by atoms with E-state index in [1.54, 1.807) is 13.8 Å². The van der Waals surface area contributed by atoms with E-state index < -0.39 is 17.9 Å². The third-order valence-corrected chi connectivity index (χ3v) is 3.18. The molecule has 1 atom stereocenters. The normalized spacial score (nSPS) is 18.7. The summed E-state index contributed by atoms with van der Waals surface area (Å²) in [7, 11) is 0. The highest BCUT2D eigenvalue weighted by Crippen LogP contribution is 2.32. The van der Waals surface area contributed by atoms with Gasteiger partial charge in [-0.15, -0.1) is 0 Å². The second kappa shape index (κ2) is 7.41. The first-order valence-corrected chi connectivity index (χ1v) is 6.64. The van der Waals surface area contributed by atoms with E-state index in [1.165, 1.54) is 0 Å². The van der Waals surface area contributed by atoms with Crippen LogP contribution in [0.5, 0.6) is 0 Å². The minimum Gasteiger partial charge on any atom is -0.465 e. The molecule has 18 heavy (non-hydrogen) atoms. The molecular formula is C13H19ClO4. The van der Waals surface area contributed by atoms with Gasteiger partial charge in [0.1, 0.15) is 0 Å². The van der Waals surface area contributed by atoms with Crippen molar-refractivity contribution < 1.29 is 19.1 Å². The molecule has 1 unspecified atom stereocenters. The zero-order chi connectivity index (χ0) is 13.5. The molecule has 5 heteroatoms. The summed E-state index contributed by atoms with van der Waals surface area (Å²) >= 11 is 5.90. The number of halogens is 1. The van der Waals surface area contributed by atoms with Crippen LogP contribution in [0.2, 0.25) is 0 Å². The highest BCUT2D eigenvalue weighted by Gasteiger charge is 2.33. The predicted molar refractivity (Wildman–Crippen MR) is 68.0 cm³/mol. The van der Waals surface area contributed by atoms with Crippen LogP contribution in [0, 0.1) is 11.8 Å². The molecule has 0 fully saturated rings. The standard InChI is InChI=1S/C13H19ClO4/c1-3-17-12(15)11(13(16)18-4-2)8-9-5-6-10(14)7-9/h6,9,11H,3-5,7-8H2,1-2H3. The fraction of sp³-hybridized carbons (Fsp3) is 0.692. The van der Waals surface area contributed by atoms with E-state index in [1.807, 2.05) is 6.08 Å². The van der Waals surface area contributed by atoms with Crippen LogP contribution in [-0.4, -0.2) is 25.2 Å². The van der Waals surface area contributed by atoms with E-state index in [2.05, 4.69) is 0 Å². The van der Waals surface area contributed by atoms with Gasteiger partial charge in [-0.25, -0.2) is 0 Å². The number of ether oxygens (including phenoxy) is 2. The van der Waals surface area contributed by atoms with Gasteiger partial charge in [-0.1, -0.05) is 17.7 Å². The maximum atomic E-state index is 11.8. The molecule has 0 aromatic rings. The highest BCUT2D eigenvalue weighted by molar-refractivity contribution is 6.29. The molecule has 0 aromatic carbocycles. The smallest absolute Gasteiger partial charge is 0.320 e. The first-order valence-electron chi connectivity index (χ1n) is 6.26. The Morgan fingerprint density at radius 3 is 2.28 bits per heavy atom. The van der Waals surface area contributed by atoms with Crippen LogP contribution in [-0.2, 0) is 19.1 Å². The Bertz CT molecular complexity index is 320. The van der Waals surface area contributed by atoms with Crippen LogP contribution >= 0.6 is 11.6 Å². The molecule has 1 aliphatic rings. The monoisotopic (exact) mass is 274 g/mol. The molecule has 0 radical (unpaired) electrons. The Kier molecular flexibility index (Phi) is 6.19. The quantitative estimate of drug-likeness (QED) is 0.552. The van der Waals surface area contributed by atoms with Crippen LogP contribution in [0.15, 0.2) is 11.1 Å². The number of allylic oxidation sites excluding steroid dienone is 2. The number of hydrogen-bond donors (Lipinski definition) is 0. The largest absolute Gasteiger partial charge is 0.465 e. The van der Waals surface area contributed by atoms with Gasteiger partial charge in [0.05, 0.1) is 13.2 Å². The fourth-order valence-corrected chi connectivity index (χ4v) is 2.33. The Balaban J connectivity index is 2.60. The van der Waals surface area contributed by atoms with Crippen molar-refractivity contribution in [2.45, 2.75) is 33.1 Å². The average Bonchev–Trinajstić information content (AvgIpc) is 2.72. The molecule has 1 aliphatic carbocycles. The van der Waals surface area contributed by atoms with Crippen molar-refractivity contribution in [1.82, 2.24) is 0 Å². The van der Waals surface area contributed by atoms with E-state index in [9.17, 15) is 9.59 Å². The van der Waals surface area contributed by atoms with Crippen molar-refractivity contribution in [2.24, 2.45) is 11.8 Å². The van der Waals surface area contributed by atoms with Crippen LogP contribution in [0.1, 0.15) is 33.1 Å². The lowest BCUT2D eigenvalue weighted by Crippen LogP contribution is -2.29. The fourth-order valence-electron chi connectivity index (χ4n) is 2.02. The number of esters is 2. The van der Waals surface area contributed by atoms with Gasteiger partial charge >= 0.3 is 11.9 Å². The van der Waals surface area contributed by atoms with Gasteiger partial charge in [0.2, 0.25) is 0 Å². The van der Waals surface area contributed by atoms with Gasteiger partial charge in [-0.2, -0.15) is 0 Å². The summed E-state index contributed by atoms with van der Waals surface area (Å²) in [6.45, 7) is 3.96. The van der Waals surface area contributed by atoms with Crippen LogP contribution in [0.3, 0.4) is 0 Å². The molecule has 0 N–H and O–H groups in total. The van der Waals surface area contributed by atoms with E-state index in [4.69, 9.17) is 21.1 Å². The van der Waals surface area contributed by atoms with Crippen molar-refractivity contribution in [2.75, 3.05) is 13.2 Å². The molecule has 0 aromatic heterocycles. The van der Waals surface area contributed by atoms with Gasteiger partial charge in [0.15, 0.2) is 5.92 Å². The Labute approximate surface area is 112 Å². The zero-order valence-corrected chi connectivity index (χ0v) is 11.5. The lowest BCUT2D eigenvalue weighted by molar-refractivity contribution is -0.162. The lowest BCUT2D eigenvalue weighted by atomic mass is 9.92. The SMILES string of the molecule is CCOC(=O)C(CC1CC=C(Cl)C1)C(=O)OCC. The highest BCUT2D eigenvalue weighted by atomic mass is 35.5. The van der Waals surface area contributed by atoms with Crippen molar-refractivity contribution in [1.29, 1.82) is 0 Å². The van der Waals surface area contributed by atoms with Crippen LogP contribution in [0.4, 0.5) is 0 Å². The summed E-state index contributed by atoms with van der Waals surface area (Å²) in [6, 6.07) is 0. The summed E-state index contributed by atoms with van der Waals surface area (Å²) in [5, 5.41) is 0.798. The average molecular weight is 275 g/mol. The van der Waals surface area contributed by atoms with Gasteiger partial charge in [0, 0.05) is 5.03 Å². The van der Waals surface area contributed by atoms with Gasteiger partial charge in [-0.3, -0.25) is 9.59 Å². The molecule has 4 nitrogen and oxygen atoms in total. The molecule has 0 spiro atoms. The van der Waals surface area contributed by atoms with E-state index >= 15 is 0 Å². The number of carbonyl (C=O) groups is 2. The summed E-state index contributed by atoms with van der Waals surface area (Å²) in [5.74, 6) is -1.61. The van der Waals surface area contributed by atoms with Crippen LogP contribution in [0.25, 0.3) is 0 Å². The minimum absolute atomic E-state index is 0.219. The van der Waals surface area contributed by atoms with Gasteiger partial charge in [0.25, 0.3) is 0 Å². The van der Waals surface area contributed by atoms with E-state index in [0.29, 0.717) is 6.42 Å². The summed E-state index contributed by atoms with van der Waals surface area (Å²) in [5.41, 5.74) is 0. The minimum atomic E-state index is -0.828. The molecule has 0 saturated carbocycles. The molecular weight excluding hydrogens is 256 g/mol. The third kappa shape index (κ3) is 4.33. The third-order valence-electron chi connectivity index (χ3n) is 2.87. The molecule has 0 aliphatic heterocycles. The maximum absolute atomic E-state index is 11.8. The van der Waals surface area contributed by atoms with Crippen molar-refractivity contribution >= 4 is 23.5 Å². The first kappa shape index (κ1) is 15.0. The van der Waals surface area contributed by atoms with Crippen molar-refractivity contribution in [3.63, 3.8) is 0 Å². The topological polar surface area (TPSA) is 52.6 Å². The molecule has 1 rings (SSSR count). The second-order valence-electron chi connectivity index (χ2n) is 4.25. The van der Waals surface area contributed by atoms with Gasteiger partial charge < -0.3 is 9.47 Å². The summed E-state index contributed by atoms with van der Waals surface area (Å²) < 4.78 is 9.84. The summed E-state index contributed by atoms with van der Waals surface area (Å²) in [4.78, 5) is 23.5. The van der Waals surface area contributed by atoms with Crippen molar-refractivity contribution in [3.8, 4) is 0 Å². The molecule has 0 heterocycles. The van der Waals surface area contributed by atoms with E-state index in [-0.39, 0.29) is 19.1 Å². The molecule has 102 valence electrons. The van der Waals surface area contributed by atoms with Crippen molar-refractivity contribution in [3.05, 3.63) is 11.1 Å². The number of hydrogen-bond acceptors (Lipinski definition) is 4. The van der Waals surface area contributed by atoms with E-state index in [0.717, 1.165) is 17.9 Å². The second-order valence-corrected chi connectivity index (χ2v) is 4.73. The Morgan fingerprint density at radius 2 is 1.89 bits per heavy atom. The number of rotatable bonds is 6.